The Kier molecular flexibility index (Phi) is 5.87. The summed E-state index contributed by atoms with van der Waals surface area (Å²) in [6, 6.07) is -0.476. The minimum absolute atomic E-state index is 0.0301. The van der Waals surface area contributed by atoms with Crippen LogP contribution in [0.2, 0.25) is 0 Å². The molecule has 4 nitrogen and oxygen atoms in total. The molecule has 2 rings (SSSR count). The number of hydrogen-bond acceptors (Lipinski definition) is 3. The highest BCUT2D eigenvalue weighted by molar-refractivity contribution is 5.81. The molecule has 2 heterocycles. The lowest BCUT2D eigenvalue weighted by Gasteiger charge is -2.30. The van der Waals surface area contributed by atoms with Crippen molar-refractivity contribution in [3.05, 3.63) is 0 Å². The Morgan fingerprint density at radius 2 is 1.95 bits per heavy atom. The molecular formula is C14H24F3N3O. The largest absolute Gasteiger partial charge is 0.393 e. The van der Waals surface area contributed by atoms with Crippen molar-refractivity contribution in [2.75, 3.05) is 32.7 Å². The molecule has 21 heavy (non-hydrogen) atoms. The SMILES string of the molecule is O=C(NCCCN1CCCC1)C1CCC(C(F)(F)F)CN1. The molecule has 0 aromatic carbocycles. The fraction of sp³-hybridized carbons (Fsp3) is 0.929. The molecule has 2 aliphatic heterocycles. The van der Waals surface area contributed by atoms with Crippen LogP contribution in [0.25, 0.3) is 0 Å². The van der Waals surface area contributed by atoms with E-state index in [1.165, 1.54) is 12.8 Å². The van der Waals surface area contributed by atoms with Crippen LogP contribution < -0.4 is 10.6 Å². The first kappa shape index (κ1) is 16.5. The van der Waals surface area contributed by atoms with Crippen LogP contribution in [0.15, 0.2) is 0 Å². The van der Waals surface area contributed by atoms with E-state index >= 15 is 0 Å². The Hall–Kier alpha value is -0.820. The van der Waals surface area contributed by atoms with Gasteiger partial charge in [0.1, 0.15) is 0 Å². The van der Waals surface area contributed by atoms with Crippen molar-refractivity contribution in [3.63, 3.8) is 0 Å². The lowest BCUT2D eigenvalue weighted by atomic mass is 9.94. The molecule has 0 aromatic heterocycles. The summed E-state index contributed by atoms with van der Waals surface area (Å²) in [4.78, 5) is 14.3. The smallest absolute Gasteiger partial charge is 0.355 e. The van der Waals surface area contributed by atoms with Gasteiger partial charge in [-0.15, -0.1) is 0 Å². The molecule has 2 unspecified atom stereocenters. The van der Waals surface area contributed by atoms with Crippen molar-refractivity contribution in [3.8, 4) is 0 Å². The van der Waals surface area contributed by atoms with Gasteiger partial charge in [0.25, 0.3) is 0 Å². The molecule has 0 radical (unpaired) electrons. The third kappa shape index (κ3) is 5.14. The van der Waals surface area contributed by atoms with E-state index in [4.69, 9.17) is 0 Å². The fourth-order valence-corrected chi connectivity index (χ4v) is 3.00. The summed E-state index contributed by atoms with van der Waals surface area (Å²) >= 11 is 0. The van der Waals surface area contributed by atoms with Crippen LogP contribution >= 0.6 is 0 Å². The normalized spacial score (nSPS) is 27.8. The standard InChI is InChI=1S/C14H24F3N3O/c15-14(16,17)11-4-5-12(19-10-11)13(21)18-6-3-9-20-7-1-2-8-20/h11-12,19H,1-10H2,(H,18,21). The minimum Gasteiger partial charge on any atom is -0.355 e. The molecule has 2 saturated heterocycles. The van der Waals surface area contributed by atoms with E-state index in [-0.39, 0.29) is 25.3 Å². The first-order valence-electron chi connectivity index (χ1n) is 7.77. The minimum atomic E-state index is -4.16. The van der Waals surface area contributed by atoms with Gasteiger partial charge in [0, 0.05) is 13.1 Å². The Morgan fingerprint density at radius 3 is 2.52 bits per heavy atom. The van der Waals surface area contributed by atoms with Gasteiger partial charge in [0.15, 0.2) is 0 Å². The molecule has 0 saturated carbocycles. The molecule has 2 aliphatic rings. The van der Waals surface area contributed by atoms with Crippen molar-refractivity contribution in [1.29, 1.82) is 0 Å². The lowest BCUT2D eigenvalue weighted by molar-refractivity contribution is -0.180. The van der Waals surface area contributed by atoms with Gasteiger partial charge >= 0.3 is 6.18 Å². The first-order chi connectivity index (χ1) is 9.97. The molecule has 0 spiro atoms. The monoisotopic (exact) mass is 307 g/mol. The molecule has 0 aromatic rings. The zero-order valence-corrected chi connectivity index (χ0v) is 12.2. The Balaban J connectivity index is 1.59. The van der Waals surface area contributed by atoms with Gasteiger partial charge in [-0.25, -0.2) is 0 Å². The Bertz CT molecular complexity index is 335. The molecule has 122 valence electrons. The van der Waals surface area contributed by atoms with Gasteiger partial charge in [-0.05, 0) is 51.7 Å². The van der Waals surface area contributed by atoms with E-state index in [2.05, 4.69) is 15.5 Å². The average molecular weight is 307 g/mol. The van der Waals surface area contributed by atoms with Crippen LogP contribution in [0.3, 0.4) is 0 Å². The van der Waals surface area contributed by atoms with E-state index in [0.717, 1.165) is 26.1 Å². The summed E-state index contributed by atoms with van der Waals surface area (Å²) in [5.74, 6) is -1.49. The third-order valence-electron chi connectivity index (χ3n) is 4.34. The van der Waals surface area contributed by atoms with Gasteiger partial charge in [0.05, 0.1) is 12.0 Å². The van der Waals surface area contributed by atoms with E-state index in [0.29, 0.717) is 6.54 Å². The fourth-order valence-electron chi connectivity index (χ4n) is 3.00. The molecule has 2 N–H and O–H groups in total. The van der Waals surface area contributed by atoms with Gasteiger partial charge in [-0.3, -0.25) is 4.79 Å². The number of nitrogens with zero attached hydrogens (tertiary/aromatic N) is 1. The highest BCUT2D eigenvalue weighted by Crippen LogP contribution is 2.31. The van der Waals surface area contributed by atoms with Gasteiger partial charge in [0.2, 0.25) is 5.91 Å². The summed E-state index contributed by atoms with van der Waals surface area (Å²) in [6.45, 7) is 3.69. The number of alkyl halides is 3. The topological polar surface area (TPSA) is 44.4 Å². The van der Waals surface area contributed by atoms with E-state index in [1.807, 2.05) is 0 Å². The van der Waals surface area contributed by atoms with E-state index in [9.17, 15) is 18.0 Å². The second-order valence-electron chi connectivity index (χ2n) is 5.97. The number of likely N-dealkylation sites (tertiary alicyclic amines) is 1. The number of nitrogens with one attached hydrogen (secondary N) is 2. The second-order valence-corrected chi connectivity index (χ2v) is 5.97. The Labute approximate surface area is 123 Å². The zero-order valence-electron chi connectivity index (χ0n) is 12.2. The van der Waals surface area contributed by atoms with Crippen LogP contribution in [0.1, 0.15) is 32.1 Å². The van der Waals surface area contributed by atoms with E-state index in [1.54, 1.807) is 0 Å². The summed E-state index contributed by atoms with van der Waals surface area (Å²) in [5.41, 5.74) is 0. The van der Waals surface area contributed by atoms with Crippen LogP contribution in [0.4, 0.5) is 13.2 Å². The average Bonchev–Trinajstić information content (AvgIpc) is 2.96. The highest BCUT2D eigenvalue weighted by Gasteiger charge is 2.42. The Morgan fingerprint density at radius 1 is 1.24 bits per heavy atom. The summed E-state index contributed by atoms with van der Waals surface area (Å²) in [5, 5.41) is 5.54. The number of piperidine rings is 1. The molecule has 0 bridgehead atoms. The van der Waals surface area contributed by atoms with Crippen molar-refractivity contribution in [2.45, 2.75) is 44.3 Å². The number of carbonyl (C=O) groups excluding carboxylic acids is 1. The van der Waals surface area contributed by atoms with Crippen molar-refractivity contribution in [2.24, 2.45) is 5.92 Å². The molecule has 7 heteroatoms. The van der Waals surface area contributed by atoms with Gasteiger partial charge < -0.3 is 15.5 Å². The summed E-state index contributed by atoms with van der Waals surface area (Å²) in [6.07, 6.45) is -0.490. The number of amides is 1. The number of halogens is 3. The van der Waals surface area contributed by atoms with Crippen molar-refractivity contribution in [1.82, 2.24) is 15.5 Å². The number of carbonyl (C=O) groups is 1. The van der Waals surface area contributed by atoms with Crippen LogP contribution in [-0.2, 0) is 4.79 Å². The van der Waals surface area contributed by atoms with Crippen molar-refractivity contribution >= 4 is 5.91 Å². The predicted octanol–water partition coefficient (Wildman–Crippen LogP) is 1.52. The second kappa shape index (κ2) is 7.45. The zero-order chi connectivity index (χ0) is 15.3. The van der Waals surface area contributed by atoms with Gasteiger partial charge in [-0.1, -0.05) is 0 Å². The lowest BCUT2D eigenvalue weighted by Crippen LogP contribution is -2.51. The van der Waals surface area contributed by atoms with Gasteiger partial charge in [-0.2, -0.15) is 13.2 Å². The highest BCUT2D eigenvalue weighted by atomic mass is 19.4. The molecule has 0 aliphatic carbocycles. The maximum absolute atomic E-state index is 12.5. The number of hydrogen-bond donors (Lipinski definition) is 2. The summed E-state index contributed by atoms with van der Waals surface area (Å²) < 4.78 is 37.6. The summed E-state index contributed by atoms with van der Waals surface area (Å²) in [7, 11) is 0. The maximum atomic E-state index is 12.5. The van der Waals surface area contributed by atoms with E-state index < -0.39 is 18.1 Å². The van der Waals surface area contributed by atoms with Crippen molar-refractivity contribution < 1.29 is 18.0 Å². The number of rotatable bonds is 5. The van der Waals surface area contributed by atoms with Crippen LogP contribution in [0, 0.1) is 5.92 Å². The predicted molar refractivity (Wildman–Crippen MR) is 73.9 cm³/mol. The molecule has 2 atom stereocenters. The molecule has 1 amide bonds. The molecule has 2 fully saturated rings. The first-order valence-corrected chi connectivity index (χ1v) is 7.77. The van der Waals surface area contributed by atoms with Crippen LogP contribution in [0.5, 0.6) is 0 Å². The maximum Gasteiger partial charge on any atom is 0.393 e. The quantitative estimate of drug-likeness (QED) is 0.757. The van der Waals surface area contributed by atoms with Crippen LogP contribution in [-0.4, -0.2) is 55.7 Å². The third-order valence-corrected chi connectivity index (χ3v) is 4.34. The molecular weight excluding hydrogens is 283 g/mol.